The Labute approximate surface area is 162 Å². The Hall–Kier alpha value is -3.47. The number of benzene rings is 2. The Morgan fingerprint density at radius 1 is 1.07 bits per heavy atom. The number of carbonyl (C=O) groups excluding carboxylic acids is 1. The quantitative estimate of drug-likeness (QED) is 0.565. The zero-order valence-electron chi connectivity index (χ0n) is 15.5. The van der Waals surface area contributed by atoms with Crippen molar-refractivity contribution in [2.45, 2.75) is 6.42 Å². The van der Waals surface area contributed by atoms with E-state index in [-0.39, 0.29) is 11.7 Å². The Kier molecular flexibility index (Phi) is 4.89. The van der Waals surface area contributed by atoms with E-state index in [1.165, 1.54) is 12.1 Å². The summed E-state index contributed by atoms with van der Waals surface area (Å²) in [5.41, 5.74) is 3.74. The normalized spacial score (nSPS) is 10.9. The maximum absolute atomic E-state index is 13.8. The van der Waals surface area contributed by atoms with Gasteiger partial charge in [0.2, 0.25) is 0 Å². The third-order valence-electron chi connectivity index (χ3n) is 4.76. The van der Waals surface area contributed by atoms with Crippen LogP contribution in [0.1, 0.15) is 15.9 Å². The van der Waals surface area contributed by atoms with E-state index >= 15 is 0 Å². The molecule has 0 aliphatic carbocycles. The SMILES string of the molecule is Cn1cccc1-c1cc(C(=O)NCCc2ccccc2)c2cc(F)ccc2n1. The zero-order valence-corrected chi connectivity index (χ0v) is 15.5. The predicted octanol–water partition coefficient (Wildman–Crippen LogP) is 4.35. The van der Waals surface area contributed by atoms with Crippen LogP contribution < -0.4 is 5.32 Å². The molecule has 0 fully saturated rings. The van der Waals surface area contributed by atoms with Crippen LogP contribution in [0.5, 0.6) is 0 Å². The first-order valence-corrected chi connectivity index (χ1v) is 9.16. The van der Waals surface area contributed by atoms with E-state index in [0.29, 0.717) is 28.7 Å². The van der Waals surface area contributed by atoms with Crippen molar-refractivity contribution in [3.05, 3.63) is 89.9 Å². The van der Waals surface area contributed by atoms with E-state index in [2.05, 4.69) is 10.3 Å². The lowest BCUT2D eigenvalue weighted by atomic mass is 10.1. The molecule has 0 saturated heterocycles. The molecule has 4 nitrogen and oxygen atoms in total. The second-order valence-electron chi connectivity index (χ2n) is 6.71. The van der Waals surface area contributed by atoms with Gasteiger partial charge in [0.15, 0.2) is 0 Å². The van der Waals surface area contributed by atoms with Crippen LogP contribution >= 0.6 is 0 Å². The number of nitrogens with one attached hydrogen (secondary N) is 1. The Morgan fingerprint density at radius 2 is 1.89 bits per heavy atom. The molecule has 0 unspecified atom stereocenters. The fourth-order valence-electron chi connectivity index (χ4n) is 3.30. The second-order valence-corrected chi connectivity index (χ2v) is 6.71. The average molecular weight is 373 g/mol. The molecule has 140 valence electrons. The van der Waals surface area contributed by atoms with Crippen molar-refractivity contribution in [2.24, 2.45) is 7.05 Å². The summed E-state index contributed by atoms with van der Waals surface area (Å²) >= 11 is 0. The van der Waals surface area contributed by atoms with Gasteiger partial charge in [0, 0.05) is 25.2 Å². The molecule has 2 aromatic carbocycles. The minimum atomic E-state index is -0.390. The summed E-state index contributed by atoms with van der Waals surface area (Å²) in [6, 6.07) is 19.9. The van der Waals surface area contributed by atoms with E-state index in [4.69, 9.17) is 0 Å². The van der Waals surface area contributed by atoms with Crippen molar-refractivity contribution >= 4 is 16.8 Å². The van der Waals surface area contributed by atoms with Crippen molar-refractivity contribution < 1.29 is 9.18 Å². The van der Waals surface area contributed by atoms with Gasteiger partial charge in [-0.15, -0.1) is 0 Å². The number of aryl methyl sites for hydroxylation is 1. The van der Waals surface area contributed by atoms with Crippen LogP contribution in [-0.4, -0.2) is 22.0 Å². The van der Waals surface area contributed by atoms with Crippen LogP contribution in [0.4, 0.5) is 4.39 Å². The van der Waals surface area contributed by atoms with Crippen molar-refractivity contribution in [2.75, 3.05) is 6.54 Å². The molecule has 0 atom stereocenters. The molecule has 0 aliphatic heterocycles. The summed E-state index contributed by atoms with van der Waals surface area (Å²) in [4.78, 5) is 17.5. The Balaban J connectivity index is 1.66. The molecule has 0 bridgehead atoms. The molecule has 0 spiro atoms. The topological polar surface area (TPSA) is 46.9 Å². The number of carbonyl (C=O) groups is 1. The van der Waals surface area contributed by atoms with Crippen molar-refractivity contribution in [1.29, 1.82) is 0 Å². The van der Waals surface area contributed by atoms with Crippen LogP contribution in [-0.2, 0) is 13.5 Å². The van der Waals surface area contributed by atoms with Gasteiger partial charge in [0.05, 0.1) is 22.5 Å². The number of halogens is 1. The van der Waals surface area contributed by atoms with Crippen LogP contribution in [0.25, 0.3) is 22.3 Å². The van der Waals surface area contributed by atoms with Crippen LogP contribution in [0.15, 0.2) is 72.9 Å². The lowest BCUT2D eigenvalue weighted by Gasteiger charge is -2.11. The summed E-state index contributed by atoms with van der Waals surface area (Å²) in [5, 5.41) is 3.46. The number of fused-ring (bicyclic) bond motifs is 1. The van der Waals surface area contributed by atoms with Crippen molar-refractivity contribution in [3.63, 3.8) is 0 Å². The Morgan fingerprint density at radius 3 is 2.64 bits per heavy atom. The van der Waals surface area contributed by atoms with Gasteiger partial charge in [-0.1, -0.05) is 30.3 Å². The molecule has 1 N–H and O–H groups in total. The van der Waals surface area contributed by atoms with Gasteiger partial charge in [-0.3, -0.25) is 4.79 Å². The summed E-state index contributed by atoms with van der Waals surface area (Å²) in [7, 11) is 1.92. The smallest absolute Gasteiger partial charge is 0.252 e. The highest BCUT2D eigenvalue weighted by Gasteiger charge is 2.15. The number of hydrogen-bond acceptors (Lipinski definition) is 2. The van der Waals surface area contributed by atoms with E-state index < -0.39 is 0 Å². The van der Waals surface area contributed by atoms with Gasteiger partial charge in [-0.25, -0.2) is 9.37 Å². The Bertz CT molecular complexity index is 1140. The van der Waals surface area contributed by atoms with E-state index in [9.17, 15) is 9.18 Å². The van der Waals surface area contributed by atoms with Crippen LogP contribution in [0.2, 0.25) is 0 Å². The zero-order chi connectivity index (χ0) is 19.5. The molecular formula is C23H20FN3O. The van der Waals surface area contributed by atoms with Gasteiger partial charge in [-0.05, 0) is 48.4 Å². The van der Waals surface area contributed by atoms with Gasteiger partial charge >= 0.3 is 0 Å². The number of rotatable bonds is 5. The maximum atomic E-state index is 13.8. The second kappa shape index (κ2) is 7.64. The standard InChI is InChI=1S/C23H20FN3O/c1-27-13-5-8-22(27)21-15-19(18-14-17(24)9-10-20(18)26-21)23(28)25-12-11-16-6-3-2-4-7-16/h2-10,13-15H,11-12H2,1H3,(H,25,28). The fraction of sp³-hybridized carbons (Fsp3) is 0.130. The first kappa shape index (κ1) is 17.9. The van der Waals surface area contributed by atoms with Crippen LogP contribution in [0.3, 0.4) is 0 Å². The van der Waals surface area contributed by atoms with Gasteiger partial charge in [-0.2, -0.15) is 0 Å². The third-order valence-corrected chi connectivity index (χ3v) is 4.76. The lowest BCUT2D eigenvalue weighted by Crippen LogP contribution is -2.26. The minimum Gasteiger partial charge on any atom is -0.352 e. The first-order chi connectivity index (χ1) is 13.6. The predicted molar refractivity (Wildman–Crippen MR) is 109 cm³/mol. The summed E-state index contributed by atoms with van der Waals surface area (Å²) in [5.74, 6) is -0.622. The van der Waals surface area contributed by atoms with Gasteiger partial charge < -0.3 is 9.88 Å². The molecule has 2 aromatic heterocycles. The summed E-state index contributed by atoms with van der Waals surface area (Å²) in [6.45, 7) is 0.501. The number of aromatic nitrogens is 2. The first-order valence-electron chi connectivity index (χ1n) is 9.16. The van der Waals surface area contributed by atoms with E-state index in [0.717, 1.165) is 17.7 Å². The monoisotopic (exact) mass is 373 g/mol. The molecule has 0 aliphatic rings. The molecule has 2 heterocycles. The van der Waals surface area contributed by atoms with Gasteiger partial charge in [0.1, 0.15) is 5.82 Å². The number of hydrogen-bond donors (Lipinski definition) is 1. The van der Waals surface area contributed by atoms with Crippen LogP contribution in [0, 0.1) is 5.82 Å². The van der Waals surface area contributed by atoms with Crippen molar-refractivity contribution in [1.82, 2.24) is 14.9 Å². The summed E-state index contributed by atoms with van der Waals surface area (Å²) < 4.78 is 15.8. The molecular weight excluding hydrogens is 353 g/mol. The van der Waals surface area contributed by atoms with Gasteiger partial charge in [0.25, 0.3) is 5.91 Å². The van der Waals surface area contributed by atoms with Crippen molar-refractivity contribution in [3.8, 4) is 11.4 Å². The minimum absolute atomic E-state index is 0.232. The largest absolute Gasteiger partial charge is 0.352 e. The third kappa shape index (κ3) is 3.64. The summed E-state index contributed by atoms with van der Waals surface area (Å²) in [6.07, 6.45) is 2.65. The lowest BCUT2D eigenvalue weighted by molar-refractivity contribution is 0.0956. The highest BCUT2D eigenvalue weighted by atomic mass is 19.1. The molecule has 1 amide bonds. The maximum Gasteiger partial charge on any atom is 0.252 e. The molecule has 0 radical (unpaired) electrons. The average Bonchev–Trinajstić information content (AvgIpc) is 3.14. The highest BCUT2D eigenvalue weighted by Crippen LogP contribution is 2.25. The molecule has 0 saturated carbocycles. The van der Waals surface area contributed by atoms with E-state index in [1.54, 1.807) is 12.1 Å². The highest BCUT2D eigenvalue weighted by molar-refractivity contribution is 6.07. The number of amides is 1. The fourth-order valence-corrected chi connectivity index (χ4v) is 3.30. The molecule has 28 heavy (non-hydrogen) atoms. The molecule has 4 aromatic rings. The van der Waals surface area contributed by atoms with E-state index in [1.807, 2.05) is 60.3 Å². The number of nitrogens with zero attached hydrogens (tertiary/aromatic N) is 2. The molecule has 5 heteroatoms. The molecule has 4 rings (SSSR count). The number of pyridine rings is 1.